The van der Waals surface area contributed by atoms with Crippen molar-refractivity contribution in [1.29, 1.82) is 0 Å². The minimum atomic E-state index is 0.197. The fraction of sp³-hybridized carbons (Fsp3) is 0.360. The van der Waals surface area contributed by atoms with Crippen LogP contribution in [-0.4, -0.2) is 18.8 Å². The summed E-state index contributed by atoms with van der Waals surface area (Å²) >= 11 is 1.64. The molecule has 1 saturated heterocycles. The number of allylic oxidation sites excluding steroid dienone is 2. The molecule has 146 valence electrons. The van der Waals surface area contributed by atoms with Gasteiger partial charge in [0.25, 0.3) is 0 Å². The van der Waals surface area contributed by atoms with Crippen LogP contribution in [0.1, 0.15) is 47.9 Å². The lowest BCUT2D eigenvalue weighted by Gasteiger charge is -2.36. The van der Waals surface area contributed by atoms with Crippen LogP contribution in [0.15, 0.2) is 72.2 Å². The zero-order chi connectivity index (χ0) is 19.3. The summed E-state index contributed by atoms with van der Waals surface area (Å²) in [6.45, 7) is 6.92. The van der Waals surface area contributed by atoms with Gasteiger partial charge in [0.1, 0.15) is 0 Å². The van der Waals surface area contributed by atoms with Crippen molar-refractivity contribution in [2.75, 3.05) is 6.61 Å². The Morgan fingerprint density at radius 1 is 1.07 bits per heavy atom. The number of ether oxygens (including phenoxy) is 1. The molecule has 2 nitrogen and oxygen atoms in total. The zero-order valence-electron chi connectivity index (χ0n) is 16.6. The van der Waals surface area contributed by atoms with E-state index in [1.807, 2.05) is 19.1 Å². The maximum atomic E-state index is 6.39. The van der Waals surface area contributed by atoms with Crippen LogP contribution in [0.4, 0.5) is 0 Å². The Morgan fingerprint density at radius 3 is 2.36 bits per heavy atom. The molecule has 4 rings (SSSR count). The molecule has 2 aromatic carbocycles. The zero-order valence-corrected chi connectivity index (χ0v) is 17.4. The molecular weight excluding hydrogens is 362 g/mol. The van der Waals surface area contributed by atoms with E-state index in [1.54, 1.807) is 11.9 Å². The first-order valence-electron chi connectivity index (χ1n) is 10.3. The SMILES string of the molecule is C=C(/C=C\C)SNC1CCOC(C2c3ccccc3CCc3ccccc32)C1. The summed E-state index contributed by atoms with van der Waals surface area (Å²) in [5.74, 6) is 0.309. The average Bonchev–Trinajstić information content (AvgIpc) is 2.90. The largest absolute Gasteiger partial charge is 0.377 e. The quantitative estimate of drug-likeness (QED) is 0.515. The van der Waals surface area contributed by atoms with Crippen molar-refractivity contribution in [3.8, 4) is 0 Å². The van der Waals surface area contributed by atoms with Crippen LogP contribution in [0.5, 0.6) is 0 Å². The van der Waals surface area contributed by atoms with E-state index in [-0.39, 0.29) is 6.10 Å². The van der Waals surface area contributed by atoms with Crippen LogP contribution in [-0.2, 0) is 17.6 Å². The predicted molar refractivity (Wildman–Crippen MR) is 120 cm³/mol. The second-order valence-corrected chi connectivity index (χ2v) is 8.66. The Hall–Kier alpha value is -1.81. The molecule has 0 saturated carbocycles. The fourth-order valence-corrected chi connectivity index (χ4v) is 5.25. The molecule has 1 aliphatic heterocycles. The van der Waals surface area contributed by atoms with Crippen LogP contribution in [0.2, 0.25) is 0 Å². The van der Waals surface area contributed by atoms with Gasteiger partial charge >= 0.3 is 0 Å². The van der Waals surface area contributed by atoms with Crippen molar-refractivity contribution in [3.05, 3.63) is 94.4 Å². The van der Waals surface area contributed by atoms with E-state index >= 15 is 0 Å². The lowest BCUT2D eigenvalue weighted by atomic mass is 9.80. The highest BCUT2D eigenvalue weighted by Crippen LogP contribution is 2.40. The van der Waals surface area contributed by atoms with Crippen molar-refractivity contribution < 1.29 is 4.74 Å². The lowest BCUT2D eigenvalue weighted by Crippen LogP contribution is -2.39. The number of rotatable bonds is 5. The van der Waals surface area contributed by atoms with E-state index in [2.05, 4.69) is 59.8 Å². The van der Waals surface area contributed by atoms with Crippen molar-refractivity contribution in [1.82, 2.24) is 4.72 Å². The van der Waals surface area contributed by atoms with Gasteiger partial charge in [0.2, 0.25) is 0 Å². The monoisotopic (exact) mass is 391 g/mol. The number of nitrogens with one attached hydrogen (secondary N) is 1. The molecular formula is C25H29NOS. The molecule has 0 aromatic heterocycles. The van der Waals surface area contributed by atoms with E-state index < -0.39 is 0 Å². The molecule has 28 heavy (non-hydrogen) atoms. The van der Waals surface area contributed by atoms with Gasteiger partial charge in [-0.1, -0.05) is 67.3 Å². The molecule has 3 heteroatoms. The van der Waals surface area contributed by atoms with Crippen molar-refractivity contribution in [3.63, 3.8) is 0 Å². The number of hydrogen-bond acceptors (Lipinski definition) is 3. The van der Waals surface area contributed by atoms with Crippen molar-refractivity contribution in [2.45, 2.75) is 50.7 Å². The maximum absolute atomic E-state index is 6.39. The second kappa shape index (κ2) is 9.13. The molecule has 2 atom stereocenters. The van der Waals surface area contributed by atoms with Gasteiger partial charge in [0, 0.05) is 23.5 Å². The standard InChI is InChI=1S/C25H29NOS/c1-3-8-18(2)28-26-21-15-16-27-24(17-21)25-22-11-6-4-9-19(22)13-14-20-10-5-7-12-23(20)25/h3-12,21,24-26H,2,13-17H2,1H3/b8-3-. The van der Waals surface area contributed by atoms with Crippen molar-refractivity contribution >= 4 is 11.9 Å². The van der Waals surface area contributed by atoms with Gasteiger partial charge in [-0.05, 0) is 66.8 Å². The minimum Gasteiger partial charge on any atom is -0.377 e. The number of benzene rings is 2. The van der Waals surface area contributed by atoms with Crippen LogP contribution >= 0.6 is 11.9 Å². The van der Waals surface area contributed by atoms with Gasteiger partial charge < -0.3 is 4.74 Å². The molecule has 2 unspecified atom stereocenters. The molecule has 1 N–H and O–H groups in total. The van der Waals surface area contributed by atoms with Gasteiger partial charge in [0.05, 0.1) is 6.10 Å². The average molecular weight is 392 g/mol. The first-order valence-corrected chi connectivity index (χ1v) is 11.1. The second-order valence-electron chi connectivity index (χ2n) is 7.69. The fourth-order valence-electron chi connectivity index (χ4n) is 4.51. The topological polar surface area (TPSA) is 21.3 Å². The third-order valence-corrected chi connectivity index (χ3v) is 6.69. The molecule has 0 radical (unpaired) electrons. The molecule has 1 fully saturated rings. The van der Waals surface area contributed by atoms with E-state index in [9.17, 15) is 0 Å². The smallest absolute Gasteiger partial charge is 0.0699 e. The van der Waals surface area contributed by atoms with Crippen molar-refractivity contribution in [2.24, 2.45) is 0 Å². The molecule has 0 amide bonds. The number of fused-ring (bicyclic) bond motifs is 2. The minimum absolute atomic E-state index is 0.197. The summed E-state index contributed by atoms with van der Waals surface area (Å²) < 4.78 is 10.0. The highest BCUT2D eigenvalue weighted by Gasteiger charge is 2.34. The number of hydrogen-bond donors (Lipinski definition) is 1. The molecule has 2 aromatic rings. The molecule has 1 aliphatic carbocycles. The summed E-state index contributed by atoms with van der Waals surface area (Å²) in [7, 11) is 0. The molecule has 1 heterocycles. The highest BCUT2D eigenvalue weighted by atomic mass is 32.2. The molecule has 0 bridgehead atoms. The summed E-state index contributed by atoms with van der Waals surface area (Å²) in [4.78, 5) is 1.05. The Morgan fingerprint density at radius 2 is 1.71 bits per heavy atom. The Labute approximate surface area is 173 Å². The van der Waals surface area contributed by atoms with E-state index in [4.69, 9.17) is 4.74 Å². The molecule has 2 aliphatic rings. The first kappa shape index (κ1) is 19.5. The van der Waals surface area contributed by atoms with E-state index in [1.165, 1.54) is 22.3 Å². The van der Waals surface area contributed by atoms with Gasteiger partial charge in [-0.15, -0.1) is 0 Å². The summed E-state index contributed by atoms with van der Waals surface area (Å²) in [5.41, 5.74) is 5.84. The Kier molecular flexibility index (Phi) is 6.36. The van der Waals surface area contributed by atoms with Gasteiger partial charge in [-0.3, -0.25) is 4.72 Å². The van der Waals surface area contributed by atoms with Crippen LogP contribution in [0.25, 0.3) is 0 Å². The van der Waals surface area contributed by atoms with Crippen LogP contribution in [0.3, 0.4) is 0 Å². The van der Waals surface area contributed by atoms with Gasteiger partial charge in [0.15, 0.2) is 0 Å². The highest BCUT2D eigenvalue weighted by molar-refractivity contribution is 8.01. The Balaban J connectivity index is 1.60. The van der Waals surface area contributed by atoms with E-state index in [0.717, 1.165) is 37.2 Å². The van der Waals surface area contributed by atoms with E-state index in [0.29, 0.717) is 12.0 Å². The van der Waals surface area contributed by atoms with Crippen LogP contribution < -0.4 is 4.72 Å². The van der Waals surface area contributed by atoms with Gasteiger partial charge in [-0.2, -0.15) is 0 Å². The lowest BCUT2D eigenvalue weighted by molar-refractivity contribution is -0.00357. The normalized spacial score (nSPS) is 22.5. The first-order chi connectivity index (χ1) is 13.8. The summed E-state index contributed by atoms with van der Waals surface area (Å²) in [5, 5.41) is 0. The predicted octanol–water partition coefficient (Wildman–Crippen LogP) is 5.79. The summed E-state index contributed by atoms with van der Waals surface area (Å²) in [6.07, 6.45) is 8.55. The van der Waals surface area contributed by atoms with Gasteiger partial charge in [-0.25, -0.2) is 0 Å². The molecule has 0 spiro atoms. The summed E-state index contributed by atoms with van der Waals surface area (Å²) in [6, 6.07) is 18.3. The Bertz CT molecular complexity index is 812. The third kappa shape index (κ3) is 4.27. The number of aryl methyl sites for hydroxylation is 2. The third-order valence-electron chi connectivity index (χ3n) is 5.84. The maximum Gasteiger partial charge on any atom is 0.0699 e. The van der Waals surface area contributed by atoms with Crippen LogP contribution in [0, 0.1) is 0 Å².